The number of halogens is 4. The molecule has 2 aromatic rings. The lowest BCUT2D eigenvalue weighted by Gasteiger charge is -2.13. The lowest BCUT2D eigenvalue weighted by atomic mass is 10.1. The van der Waals surface area contributed by atoms with Crippen molar-refractivity contribution in [2.45, 2.75) is 30.0 Å². The summed E-state index contributed by atoms with van der Waals surface area (Å²) in [6, 6.07) is 1.79. The maximum Gasteiger partial charge on any atom is 0.419 e. The second-order valence-electron chi connectivity index (χ2n) is 6.38. The van der Waals surface area contributed by atoms with Crippen LogP contribution in [0.1, 0.15) is 28.0 Å². The van der Waals surface area contributed by atoms with Crippen molar-refractivity contribution >= 4 is 22.6 Å². The van der Waals surface area contributed by atoms with E-state index in [1.807, 2.05) is 0 Å². The molecule has 1 aromatic carbocycles. The maximum absolute atomic E-state index is 13.4. The van der Waals surface area contributed by atoms with Gasteiger partial charge in [0, 0.05) is 30.5 Å². The van der Waals surface area contributed by atoms with Crippen molar-refractivity contribution in [3.05, 3.63) is 47.0 Å². The number of hydrogen-bond acceptors (Lipinski definition) is 3. The van der Waals surface area contributed by atoms with Crippen molar-refractivity contribution in [3.8, 4) is 0 Å². The topological polar surface area (TPSA) is 83.4 Å². The number of carbonyl (C=O) groups excluding carboxylic acids is 1. The second kappa shape index (κ2) is 7.64. The van der Waals surface area contributed by atoms with Gasteiger partial charge in [0.15, 0.2) is 0 Å². The number of nitrogens with one attached hydrogen (secondary N) is 2. The summed E-state index contributed by atoms with van der Waals surface area (Å²) in [7, 11) is -0.0910. The van der Waals surface area contributed by atoms with E-state index in [0.29, 0.717) is 35.4 Å². The SMILES string of the molecule is Cn1cc2c(c1C(=O)Nc1ccc(F)c(C(F)(F)F)c1)CCC(CO)NS2=O. The summed E-state index contributed by atoms with van der Waals surface area (Å²) in [6.07, 6.45) is -2.62. The number of amides is 1. The maximum atomic E-state index is 13.4. The Labute approximate surface area is 160 Å². The average Bonchev–Trinajstić information content (AvgIpc) is 2.87. The first-order valence-corrected chi connectivity index (χ1v) is 9.42. The van der Waals surface area contributed by atoms with Gasteiger partial charge in [0.1, 0.15) is 22.5 Å². The molecular formula is C17H17F4N3O3S. The van der Waals surface area contributed by atoms with Crippen molar-refractivity contribution in [2.24, 2.45) is 7.05 Å². The number of carbonyl (C=O) groups is 1. The average molecular weight is 419 g/mol. The molecule has 2 atom stereocenters. The number of anilines is 1. The van der Waals surface area contributed by atoms with Gasteiger partial charge < -0.3 is 15.0 Å². The van der Waals surface area contributed by atoms with E-state index in [-0.39, 0.29) is 18.0 Å². The van der Waals surface area contributed by atoms with Gasteiger partial charge in [-0.05, 0) is 31.0 Å². The highest BCUT2D eigenvalue weighted by atomic mass is 32.2. The van der Waals surface area contributed by atoms with E-state index in [1.165, 1.54) is 10.8 Å². The van der Waals surface area contributed by atoms with Crippen LogP contribution in [0.4, 0.5) is 23.2 Å². The van der Waals surface area contributed by atoms with Crippen LogP contribution in [0.25, 0.3) is 0 Å². The van der Waals surface area contributed by atoms with E-state index in [2.05, 4.69) is 10.0 Å². The molecule has 152 valence electrons. The van der Waals surface area contributed by atoms with E-state index in [4.69, 9.17) is 0 Å². The van der Waals surface area contributed by atoms with E-state index < -0.39 is 40.5 Å². The Bertz CT molecular complexity index is 942. The number of aliphatic hydroxyl groups is 1. The molecule has 0 saturated heterocycles. The molecule has 0 radical (unpaired) electrons. The van der Waals surface area contributed by atoms with Crippen LogP contribution < -0.4 is 10.0 Å². The third-order valence-corrected chi connectivity index (χ3v) is 5.73. The number of hydrogen-bond donors (Lipinski definition) is 3. The van der Waals surface area contributed by atoms with Crippen LogP contribution in [-0.2, 0) is 30.6 Å². The molecule has 28 heavy (non-hydrogen) atoms. The second-order valence-corrected chi connectivity index (χ2v) is 7.60. The summed E-state index contributed by atoms with van der Waals surface area (Å²) in [5.74, 6) is -2.14. The molecule has 1 aromatic heterocycles. The summed E-state index contributed by atoms with van der Waals surface area (Å²) in [4.78, 5) is 13.1. The number of aryl methyl sites for hydroxylation is 1. The quantitative estimate of drug-likeness (QED) is 0.668. The summed E-state index contributed by atoms with van der Waals surface area (Å²) in [6.45, 7) is -0.223. The van der Waals surface area contributed by atoms with E-state index in [1.54, 1.807) is 7.05 Å². The standard InChI is InChI=1S/C17H17F4N3O3S/c1-24-7-14-11(4-2-10(8-25)23-28(14)27)15(24)16(26)22-9-3-5-13(18)12(6-9)17(19,20)21/h3,5-7,10,23,25H,2,4,8H2,1H3,(H,22,26). The first-order valence-electron chi connectivity index (χ1n) is 8.27. The van der Waals surface area contributed by atoms with Gasteiger partial charge in [-0.1, -0.05) is 0 Å². The third-order valence-electron chi connectivity index (χ3n) is 4.43. The fourth-order valence-electron chi connectivity index (χ4n) is 3.08. The molecule has 1 aliphatic rings. The highest BCUT2D eigenvalue weighted by Crippen LogP contribution is 2.33. The van der Waals surface area contributed by atoms with Gasteiger partial charge >= 0.3 is 6.18 Å². The molecule has 0 fully saturated rings. The van der Waals surface area contributed by atoms with E-state index in [9.17, 15) is 31.7 Å². The van der Waals surface area contributed by atoms with Gasteiger partial charge in [0.25, 0.3) is 5.91 Å². The van der Waals surface area contributed by atoms with Crippen LogP contribution in [0.2, 0.25) is 0 Å². The highest BCUT2D eigenvalue weighted by molar-refractivity contribution is 7.83. The smallest absolute Gasteiger partial charge is 0.395 e. The molecule has 11 heteroatoms. The molecular weight excluding hydrogens is 402 g/mol. The highest BCUT2D eigenvalue weighted by Gasteiger charge is 2.34. The molecule has 0 aliphatic carbocycles. The van der Waals surface area contributed by atoms with Crippen molar-refractivity contribution in [1.82, 2.24) is 9.29 Å². The van der Waals surface area contributed by atoms with Gasteiger partial charge in [-0.3, -0.25) is 4.79 Å². The summed E-state index contributed by atoms with van der Waals surface area (Å²) < 4.78 is 68.6. The largest absolute Gasteiger partial charge is 0.419 e. The zero-order chi connectivity index (χ0) is 20.6. The minimum absolute atomic E-state index is 0.140. The van der Waals surface area contributed by atoms with Gasteiger partial charge in [0.2, 0.25) is 0 Å². The first kappa shape index (κ1) is 20.5. The number of alkyl halides is 3. The van der Waals surface area contributed by atoms with Crippen molar-refractivity contribution in [1.29, 1.82) is 0 Å². The molecule has 0 bridgehead atoms. The fraction of sp³-hybridized carbons (Fsp3) is 0.353. The van der Waals surface area contributed by atoms with Crippen LogP contribution in [0.5, 0.6) is 0 Å². The zero-order valence-electron chi connectivity index (χ0n) is 14.6. The molecule has 6 nitrogen and oxygen atoms in total. The molecule has 2 unspecified atom stereocenters. The van der Waals surface area contributed by atoms with E-state index in [0.717, 1.165) is 6.07 Å². The van der Waals surface area contributed by atoms with Crippen LogP contribution in [0, 0.1) is 5.82 Å². The first-order chi connectivity index (χ1) is 13.1. The molecule has 0 spiro atoms. The summed E-state index contributed by atoms with van der Waals surface area (Å²) >= 11 is 0. The molecule has 0 saturated carbocycles. The number of rotatable bonds is 3. The van der Waals surface area contributed by atoms with Crippen LogP contribution >= 0.6 is 0 Å². The predicted molar refractivity (Wildman–Crippen MR) is 93.5 cm³/mol. The van der Waals surface area contributed by atoms with Crippen molar-refractivity contribution in [2.75, 3.05) is 11.9 Å². The molecule has 1 amide bonds. The normalized spacial score (nSPS) is 19.8. The zero-order valence-corrected chi connectivity index (χ0v) is 15.5. The monoisotopic (exact) mass is 419 g/mol. The Balaban J connectivity index is 1.92. The summed E-state index contributed by atoms with van der Waals surface area (Å²) in [5, 5.41) is 11.6. The Morgan fingerprint density at radius 1 is 1.43 bits per heavy atom. The fourth-order valence-corrected chi connectivity index (χ4v) is 4.38. The van der Waals surface area contributed by atoms with Gasteiger partial charge in [-0.15, -0.1) is 0 Å². The van der Waals surface area contributed by atoms with Gasteiger partial charge in [-0.25, -0.2) is 13.3 Å². The van der Waals surface area contributed by atoms with Crippen molar-refractivity contribution < 1.29 is 31.7 Å². The number of aromatic nitrogens is 1. The van der Waals surface area contributed by atoms with Crippen LogP contribution in [0.15, 0.2) is 29.3 Å². The van der Waals surface area contributed by atoms with Gasteiger partial charge in [-0.2, -0.15) is 13.2 Å². The number of fused-ring (bicyclic) bond motifs is 1. The third kappa shape index (κ3) is 3.96. The molecule has 3 N–H and O–H groups in total. The summed E-state index contributed by atoms with van der Waals surface area (Å²) in [5.41, 5.74) is -1.07. The Kier molecular flexibility index (Phi) is 5.60. The van der Waals surface area contributed by atoms with E-state index >= 15 is 0 Å². The Hall–Kier alpha value is -2.24. The molecule has 1 aliphatic heterocycles. The Morgan fingerprint density at radius 2 is 2.14 bits per heavy atom. The Morgan fingerprint density at radius 3 is 2.79 bits per heavy atom. The minimum atomic E-state index is -4.89. The number of benzene rings is 1. The van der Waals surface area contributed by atoms with Crippen LogP contribution in [-0.4, -0.2) is 32.4 Å². The molecule has 2 heterocycles. The predicted octanol–water partition coefficient (Wildman–Crippen LogP) is 2.35. The van der Waals surface area contributed by atoms with Gasteiger partial charge in [0.05, 0.1) is 17.1 Å². The lowest BCUT2D eigenvalue weighted by Crippen LogP contribution is -2.32. The molecule has 3 rings (SSSR count). The number of aliphatic hydroxyl groups excluding tert-OH is 1. The number of nitrogens with zero attached hydrogens (tertiary/aromatic N) is 1. The lowest BCUT2D eigenvalue weighted by molar-refractivity contribution is -0.139. The van der Waals surface area contributed by atoms with Crippen LogP contribution in [0.3, 0.4) is 0 Å². The minimum Gasteiger partial charge on any atom is -0.395 e. The van der Waals surface area contributed by atoms with Crippen molar-refractivity contribution in [3.63, 3.8) is 0 Å².